The van der Waals surface area contributed by atoms with Crippen LogP contribution in [0.2, 0.25) is 0 Å². The zero-order valence-corrected chi connectivity index (χ0v) is 14.6. The second-order valence-electron chi connectivity index (χ2n) is 6.61. The van der Waals surface area contributed by atoms with E-state index in [9.17, 15) is 9.59 Å². The van der Waals surface area contributed by atoms with Gasteiger partial charge in [-0.25, -0.2) is 4.79 Å². The van der Waals surface area contributed by atoms with Crippen molar-refractivity contribution in [3.63, 3.8) is 0 Å². The minimum absolute atomic E-state index is 0.00871. The lowest BCUT2D eigenvalue weighted by atomic mass is 9.58. The summed E-state index contributed by atoms with van der Waals surface area (Å²) in [6.07, 6.45) is 2.35. The number of carboxylic acids is 1. The molecule has 1 saturated carbocycles. The summed E-state index contributed by atoms with van der Waals surface area (Å²) in [5.41, 5.74) is -0.00871. The van der Waals surface area contributed by atoms with Crippen molar-refractivity contribution in [2.75, 3.05) is 13.7 Å². The summed E-state index contributed by atoms with van der Waals surface area (Å²) >= 11 is 0. The SMILES string of the molecule is CCOC1CC(N(C)C(=O)[C@@H]2CC[C@H](C(=O)O)O2)C1(CC)CC. The highest BCUT2D eigenvalue weighted by Gasteiger charge is 2.56. The van der Waals surface area contributed by atoms with Crippen LogP contribution in [-0.2, 0) is 19.1 Å². The van der Waals surface area contributed by atoms with Crippen LogP contribution in [0.1, 0.15) is 52.9 Å². The number of carboxylic acid groups (broad SMARTS) is 1. The minimum Gasteiger partial charge on any atom is -0.479 e. The summed E-state index contributed by atoms with van der Waals surface area (Å²) in [5.74, 6) is -1.08. The highest BCUT2D eigenvalue weighted by molar-refractivity contribution is 5.83. The first kappa shape index (κ1) is 18.2. The lowest BCUT2D eigenvalue weighted by Gasteiger charge is -2.58. The molecule has 0 aromatic rings. The Labute approximate surface area is 138 Å². The van der Waals surface area contributed by atoms with Gasteiger partial charge in [0.05, 0.1) is 6.10 Å². The van der Waals surface area contributed by atoms with Gasteiger partial charge < -0.3 is 19.5 Å². The topological polar surface area (TPSA) is 76.1 Å². The number of hydrogen-bond acceptors (Lipinski definition) is 4. The van der Waals surface area contributed by atoms with Gasteiger partial charge in [0.2, 0.25) is 0 Å². The van der Waals surface area contributed by atoms with Crippen LogP contribution < -0.4 is 0 Å². The first-order valence-electron chi connectivity index (χ1n) is 8.67. The predicted octanol–water partition coefficient (Wildman–Crippen LogP) is 2.06. The maximum Gasteiger partial charge on any atom is 0.332 e. The molecule has 23 heavy (non-hydrogen) atoms. The summed E-state index contributed by atoms with van der Waals surface area (Å²) < 4.78 is 11.3. The third kappa shape index (κ3) is 3.11. The molecule has 2 rings (SSSR count). The second kappa shape index (κ2) is 7.18. The molecule has 132 valence electrons. The molecule has 2 unspecified atom stereocenters. The van der Waals surface area contributed by atoms with Gasteiger partial charge in [0.15, 0.2) is 6.10 Å². The largest absolute Gasteiger partial charge is 0.479 e. The van der Waals surface area contributed by atoms with Crippen LogP contribution in [0.25, 0.3) is 0 Å². The number of carbonyl (C=O) groups is 2. The van der Waals surface area contributed by atoms with E-state index in [2.05, 4.69) is 13.8 Å². The van der Waals surface area contributed by atoms with Crippen molar-refractivity contribution in [3.8, 4) is 0 Å². The number of amides is 1. The van der Waals surface area contributed by atoms with Gasteiger partial charge in [-0.15, -0.1) is 0 Å². The Morgan fingerprint density at radius 3 is 2.30 bits per heavy atom. The fraction of sp³-hybridized carbons (Fsp3) is 0.882. The molecule has 2 aliphatic rings. The van der Waals surface area contributed by atoms with E-state index in [4.69, 9.17) is 14.6 Å². The Bertz CT molecular complexity index is 448. The summed E-state index contributed by atoms with van der Waals surface area (Å²) in [6.45, 7) is 6.97. The predicted molar refractivity (Wildman–Crippen MR) is 85.1 cm³/mol. The molecule has 1 heterocycles. The van der Waals surface area contributed by atoms with Crippen LogP contribution in [-0.4, -0.2) is 59.9 Å². The van der Waals surface area contributed by atoms with E-state index in [1.807, 2.05) is 14.0 Å². The molecule has 6 nitrogen and oxygen atoms in total. The zero-order valence-electron chi connectivity index (χ0n) is 14.6. The third-order valence-electron chi connectivity index (χ3n) is 5.81. The number of nitrogens with zero attached hydrogens (tertiary/aromatic N) is 1. The average Bonchev–Trinajstić information content (AvgIpc) is 3.01. The van der Waals surface area contributed by atoms with Crippen molar-refractivity contribution in [2.24, 2.45) is 5.41 Å². The molecule has 0 radical (unpaired) electrons. The number of aliphatic carboxylic acids is 1. The van der Waals surface area contributed by atoms with Gasteiger partial charge in [0.25, 0.3) is 5.91 Å². The Morgan fingerprint density at radius 1 is 1.22 bits per heavy atom. The maximum absolute atomic E-state index is 12.7. The second-order valence-corrected chi connectivity index (χ2v) is 6.61. The molecule has 0 bridgehead atoms. The molecule has 0 aromatic carbocycles. The zero-order chi connectivity index (χ0) is 17.2. The molecule has 1 N–H and O–H groups in total. The fourth-order valence-corrected chi connectivity index (χ4v) is 4.26. The van der Waals surface area contributed by atoms with Gasteiger partial charge in [-0.05, 0) is 39.0 Å². The first-order valence-corrected chi connectivity index (χ1v) is 8.67. The minimum atomic E-state index is -0.987. The normalized spacial score (nSPS) is 32.3. The van der Waals surface area contributed by atoms with E-state index < -0.39 is 18.2 Å². The molecule has 1 saturated heterocycles. The summed E-state index contributed by atoms with van der Waals surface area (Å²) in [4.78, 5) is 25.5. The van der Waals surface area contributed by atoms with Crippen LogP contribution in [0.3, 0.4) is 0 Å². The van der Waals surface area contributed by atoms with E-state index >= 15 is 0 Å². The first-order chi connectivity index (χ1) is 10.9. The smallest absolute Gasteiger partial charge is 0.332 e. The van der Waals surface area contributed by atoms with Crippen LogP contribution >= 0.6 is 0 Å². The Kier molecular flexibility index (Phi) is 5.68. The standard InChI is InChI=1S/C17H29NO5/c1-5-17(6-2)13(10-14(17)22-7-3)18(4)15(19)11-8-9-12(23-11)16(20)21/h11-14H,5-10H2,1-4H3,(H,20,21)/t11-,12+,13?,14?/m0/s1. The van der Waals surface area contributed by atoms with E-state index in [1.165, 1.54) is 0 Å². The van der Waals surface area contributed by atoms with Gasteiger partial charge in [-0.2, -0.15) is 0 Å². The summed E-state index contributed by atoms with van der Waals surface area (Å²) in [5, 5.41) is 9.00. The molecule has 2 fully saturated rings. The van der Waals surface area contributed by atoms with Crippen LogP contribution in [0.5, 0.6) is 0 Å². The molecule has 0 spiro atoms. The number of rotatable bonds is 7. The van der Waals surface area contributed by atoms with E-state index in [0.29, 0.717) is 19.4 Å². The van der Waals surface area contributed by atoms with Gasteiger partial charge in [-0.1, -0.05) is 13.8 Å². The summed E-state index contributed by atoms with van der Waals surface area (Å²) in [6, 6.07) is 0.133. The lowest BCUT2D eigenvalue weighted by molar-refractivity contribution is -0.183. The maximum atomic E-state index is 12.7. The monoisotopic (exact) mass is 327 g/mol. The quantitative estimate of drug-likeness (QED) is 0.774. The Balaban J connectivity index is 2.04. The van der Waals surface area contributed by atoms with Crippen LogP contribution in [0.4, 0.5) is 0 Å². The highest BCUT2D eigenvalue weighted by Crippen LogP contribution is 2.51. The average molecular weight is 327 g/mol. The molecule has 1 amide bonds. The van der Waals surface area contributed by atoms with Gasteiger partial charge in [0, 0.05) is 25.1 Å². The van der Waals surface area contributed by atoms with Crippen molar-refractivity contribution in [1.82, 2.24) is 4.90 Å². The van der Waals surface area contributed by atoms with Crippen LogP contribution in [0, 0.1) is 5.41 Å². The molecule has 1 aliphatic heterocycles. The highest BCUT2D eigenvalue weighted by atomic mass is 16.5. The third-order valence-corrected chi connectivity index (χ3v) is 5.81. The summed E-state index contributed by atoms with van der Waals surface area (Å²) in [7, 11) is 1.81. The van der Waals surface area contributed by atoms with Crippen molar-refractivity contribution < 1.29 is 24.2 Å². The number of likely N-dealkylation sites (N-methyl/N-ethyl adjacent to an activating group) is 1. The Hall–Kier alpha value is -1.14. The van der Waals surface area contributed by atoms with Crippen molar-refractivity contribution in [1.29, 1.82) is 0 Å². The molecule has 6 heteroatoms. The number of carbonyl (C=O) groups excluding carboxylic acids is 1. The van der Waals surface area contributed by atoms with Gasteiger partial charge in [0.1, 0.15) is 6.10 Å². The van der Waals surface area contributed by atoms with Crippen molar-refractivity contribution >= 4 is 11.9 Å². The van der Waals surface area contributed by atoms with Crippen molar-refractivity contribution in [3.05, 3.63) is 0 Å². The Morgan fingerprint density at radius 2 is 1.83 bits per heavy atom. The molecular weight excluding hydrogens is 298 g/mol. The van der Waals surface area contributed by atoms with E-state index in [1.54, 1.807) is 4.90 Å². The number of hydrogen-bond donors (Lipinski definition) is 1. The van der Waals surface area contributed by atoms with Crippen molar-refractivity contribution in [2.45, 2.75) is 77.2 Å². The van der Waals surface area contributed by atoms with Gasteiger partial charge >= 0.3 is 5.97 Å². The van der Waals surface area contributed by atoms with Gasteiger partial charge in [-0.3, -0.25) is 4.79 Å². The van der Waals surface area contributed by atoms with E-state index in [0.717, 1.165) is 19.3 Å². The number of ether oxygens (including phenoxy) is 2. The van der Waals surface area contributed by atoms with E-state index in [-0.39, 0.29) is 23.5 Å². The lowest BCUT2D eigenvalue weighted by Crippen LogP contribution is -2.65. The molecular formula is C17H29NO5. The molecule has 0 aromatic heterocycles. The van der Waals surface area contributed by atoms with Crippen LogP contribution in [0.15, 0.2) is 0 Å². The fourth-order valence-electron chi connectivity index (χ4n) is 4.26. The molecule has 4 atom stereocenters. The molecule has 1 aliphatic carbocycles.